The summed E-state index contributed by atoms with van der Waals surface area (Å²) in [5.41, 5.74) is 2.39. The number of non-ortho nitro benzene ring substituents is 1. The summed E-state index contributed by atoms with van der Waals surface area (Å²) >= 11 is 1.51. The fourth-order valence-corrected chi connectivity index (χ4v) is 3.09. The standard InChI is InChI=1S/C14H13N3O3S/c1-9-15-11(8-21-9)6-14(18)16-5-4-10-2-3-12(17(19)20)7-13(10)16/h2-3,7-8H,4-6H2,1H3. The molecule has 0 atom stereocenters. The summed E-state index contributed by atoms with van der Waals surface area (Å²) in [7, 11) is 0. The number of thiazole rings is 1. The summed E-state index contributed by atoms with van der Waals surface area (Å²) in [6, 6.07) is 4.69. The zero-order valence-electron chi connectivity index (χ0n) is 11.4. The Labute approximate surface area is 125 Å². The lowest BCUT2D eigenvalue weighted by atomic mass is 10.1. The number of benzene rings is 1. The molecule has 2 aromatic rings. The van der Waals surface area contributed by atoms with Crippen molar-refractivity contribution in [1.29, 1.82) is 0 Å². The first-order chi connectivity index (χ1) is 10.0. The topological polar surface area (TPSA) is 76.3 Å². The fourth-order valence-electron chi connectivity index (χ4n) is 2.48. The molecular weight excluding hydrogens is 290 g/mol. The van der Waals surface area contributed by atoms with Crippen LogP contribution in [0.4, 0.5) is 11.4 Å². The number of nitro benzene ring substituents is 1. The molecule has 0 saturated heterocycles. The summed E-state index contributed by atoms with van der Waals surface area (Å²) in [5.74, 6) is -0.0699. The Balaban J connectivity index is 1.84. The van der Waals surface area contributed by atoms with Crippen LogP contribution in [0.2, 0.25) is 0 Å². The van der Waals surface area contributed by atoms with E-state index in [2.05, 4.69) is 4.98 Å². The van der Waals surface area contributed by atoms with Crippen LogP contribution in [0, 0.1) is 17.0 Å². The van der Waals surface area contributed by atoms with Gasteiger partial charge in [-0.1, -0.05) is 6.07 Å². The predicted octanol–water partition coefficient (Wildman–Crippen LogP) is 2.49. The lowest BCUT2D eigenvalue weighted by molar-refractivity contribution is -0.384. The van der Waals surface area contributed by atoms with Crippen molar-refractivity contribution >= 4 is 28.6 Å². The van der Waals surface area contributed by atoms with E-state index in [0.29, 0.717) is 12.2 Å². The van der Waals surface area contributed by atoms with Gasteiger partial charge in [-0.2, -0.15) is 0 Å². The minimum Gasteiger partial charge on any atom is -0.311 e. The van der Waals surface area contributed by atoms with Gasteiger partial charge in [0.1, 0.15) is 0 Å². The number of nitrogens with zero attached hydrogens (tertiary/aromatic N) is 3. The number of nitro groups is 1. The van der Waals surface area contributed by atoms with Gasteiger partial charge >= 0.3 is 0 Å². The molecule has 0 aliphatic carbocycles. The van der Waals surface area contributed by atoms with E-state index in [1.54, 1.807) is 11.0 Å². The number of aromatic nitrogens is 1. The Hall–Kier alpha value is -2.28. The van der Waals surface area contributed by atoms with Crippen LogP contribution in [0.3, 0.4) is 0 Å². The summed E-state index contributed by atoms with van der Waals surface area (Å²) in [5, 5.41) is 13.7. The zero-order chi connectivity index (χ0) is 15.0. The fraction of sp³-hybridized carbons (Fsp3) is 0.286. The molecule has 0 N–H and O–H groups in total. The molecule has 0 unspecified atom stereocenters. The van der Waals surface area contributed by atoms with Gasteiger partial charge in [0, 0.05) is 24.1 Å². The maximum atomic E-state index is 12.4. The van der Waals surface area contributed by atoms with E-state index in [0.717, 1.165) is 22.7 Å². The lowest BCUT2D eigenvalue weighted by Gasteiger charge is -2.16. The summed E-state index contributed by atoms with van der Waals surface area (Å²) in [6.07, 6.45) is 0.960. The van der Waals surface area contributed by atoms with E-state index in [-0.39, 0.29) is 18.0 Å². The van der Waals surface area contributed by atoms with E-state index in [9.17, 15) is 14.9 Å². The minimum absolute atomic E-state index is 0.0120. The van der Waals surface area contributed by atoms with Crippen LogP contribution in [0.25, 0.3) is 0 Å². The first kappa shape index (κ1) is 13.7. The van der Waals surface area contributed by atoms with Gasteiger partial charge in [0.25, 0.3) is 5.69 Å². The molecule has 1 amide bonds. The molecule has 0 saturated carbocycles. The number of rotatable bonds is 3. The largest absolute Gasteiger partial charge is 0.311 e. The quantitative estimate of drug-likeness (QED) is 0.645. The van der Waals surface area contributed by atoms with Crippen LogP contribution in [-0.2, 0) is 17.6 Å². The molecule has 1 aromatic carbocycles. The highest BCUT2D eigenvalue weighted by Gasteiger charge is 2.27. The highest BCUT2D eigenvalue weighted by atomic mass is 32.1. The molecule has 0 radical (unpaired) electrons. The molecule has 21 heavy (non-hydrogen) atoms. The van der Waals surface area contributed by atoms with Gasteiger partial charge in [-0.25, -0.2) is 4.98 Å². The Kier molecular flexibility index (Phi) is 3.42. The zero-order valence-corrected chi connectivity index (χ0v) is 12.2. The lowest BCUT2D eigenvalue weighted by Crippen LogP contribution is -2.30. The van der Waals surface area contributed by atoms with Crippen LogP contribution in [0.5, 0.6) is 0 Å². The molecule has 6 nitrogen and oxygen atoms in total. The van der Waals surface area contributed by atoms with E-state index >= 15 is 0 Å². The third kappa shape index (κ3) is 2.64. The van der Waals surface area contributed by atoms with Crippen molar-refractivity contribution in [2.24, 2.45) is 0 Å². The molecular formula is C14H13N3O3S. The van der Waals surface area contributed by atoms with Gasteiger partial charge in [0.15, 0.2) is 0 Å². The third-order valence-electron chi connectivity index (χ3n) is 3.48. The van der Waals surface area contributed by atoms with Crippen LogP contribution in [-0.4, -0.2) is 22.4 Å². The Morgan fingerprint density at radius 3 is 3.00 bits per heavy atom. The number of hydrogen-bond acceptors (Lipinski definition) is 5. The Bertz CT molecular complexity index is 726. The summed E-state index contributed by atoms with van der Waals surface area (Å²) < 4.78 is 0. The van der Waals surface area contributed by atoms with E-state index in [1.807, 2.05) is 12.3 Å². The van der Waals surface area contributed by atoms with E-state index in [1.165, 1.54) is 23.5 Å². The SMILES string of the molecule is Cc1nc(CC(=O)N2CCc3ccc([N+](=O)[O-])cc32)cs1. The molecule has 1 aliphatic heterocycles. The van der Waals surface area contributed by atoms with Crippen molar-refractivity contribution in [2.75, 3.05) is 11.4 Å². The molecule has 108 valence electrons. The summed E-state index contributed by atoms with van der Waals surface area (Å²) in [4.78, 5) is 28.7. The molecule has 0 fully saturated rings. The average molecular weight is 303 g/mol. The molecule has 1 aromatic heterocycles. The molecule has 1 aliphatic rings. The van der Waals surface area contributed by atoms with Crippen LogP contribution < -0.4 is 4.90 Å². The predicted molar refractivity (Wildman–Crippen MR) is 79.7 cm³/mol. The molecule has 0 spiro atoms. The van der Waals surface area contributed by atoms with Gasteiger partial charge in [-0.3, -0.25) is 14.9 Å². The monoisotopic (exact) mass is 303 g/mol. The second kappa shape index (κ2) is 5.25. The van der Waals surface area contributed by atoms with Crippen molar-refractivity contribution in [1.82, 2.24) is 4.98 Å². The normalized spacial score (nSPS) is 13.3. The third-order valence-corrected chi connectivity index (χ3v) is 4.30. The maximum Gasteiger partial charge on any atom is 0.271 e. The first-order valence-corrected chi connectivity index (χ1v) is 7.41. The van der Waals surface area contributed by atoms with Crippen molar-refractivity contribution < 1.29 is 9.72 Å². The number of carbonyl (C=O) groups excluding carboxylic acids is 1. The highest BCUT2D eigenvalue weighted by Crippen LogP contribution is 2.32. The number of amides is 1. The molecule has 2 heterocycles. The van der Waals surface area contributed by atoms with Crippen molar-refractivity contribution in [3.63, 3.8) is 0 Å². The van der Waals surface area contributed by atoms with Crippen LogP contribution in [0.15, 0.2) is 23.6 Å². The number of carbonyl (C=O) groups is 1. The van der Waals surface area contributed by atoms with Crippen LogP contribution in [0.1, 0.15) is 16.3 Å². The first-order valence-electron chi connectivity index (χ1n) is 6.53. The van der Waals surface area contributed by atoms with Gasteiger partial charge in [-0.05, 0) is 18.9 Å². The van der Waals surface area contributed by atoms with Gasteiger partial charge in [-0.15, -0.1) is 11.3 Å². The molecule has 7 heteroatoms. The number of aryl methyl sites for hydroxylation is 1. The van der Waals surface area contributed by atoms with E-state index in [4.69, 9.17) is 0 Å². The molecule has 3 rings (SSSR count). The van der Waals surface area contributed by atoms with Gasteiger partial charge < -0.3 is 4.90 Å². The number of hydrogen-bond donors (Lipinski definition) is 0. The van der Waals surface area contributed by atoms with Gasteiger partial charge in [0.05, 0.1) is 27.7 Å². The van der Waals surface area contributed by atoms with Crippen molar-refractivity contribution in [3.05, 3.63) is 50.0 Å². The van der Waals surface area contributed by atoms with Crippen molar-refractivity contribution in [3.8, 4) is 0 Å². The second-order valence-corrected chi connectivity index (χ2v) is 5.96. The summed E-state index contributed by atoms with van der Waals surface area (Å²) in [6.45, 7) is 2.46. The van der Waals surface area contributed by atoms with Gasteiger partial charge in [0.2, 0.25) is 5.91 Å². The minimum atomic E-state index is -0.439. The number of anilines is 1. The maximum absolute atomic E-state index is 12.4. The number of fused-ring (bicyclic) bond motifs is 1. The second-order valence-electron chi connectivity index (χ2n) is 4.90. The van der Waals surface area contributed by atoms with Crippen molar-refractivity contribution in [2.45, 2.75) is 19.8 Å². The van der Waals surface area contributed by atoms with E-state index < -0.39 is 4.92 Å². The highest BCUT2D eigenvalue weighted by molar-refractivity contribution is 7.09. The Morgan fingerprint density at radius 2 is 2.33 bits per heavy atom. The smallest absolute Gasteiger partial charge is 0.271 e. The molecule has 0 bridgehead atoms. The Morgan fingerprint density at radius 1 is 1.52 bits per heavy atom. The van der Waals surface area contributed by atoms with Crippen LogP contribution >= 0.6 is 11.3 Å². The average Bonchev–Trinajstić information content (AvgIpc) is 3.04.